The van der Waals surface area contributed by atoms with Gasteiger partial charge in [-0.3, -0.25) is 9.69 Å². The number of nitrogens with two attached hydrogens (primary N) is 1. The Balaban J connectivity index is 1.74. The average Bonchev–Trinajstić information content (AvgIpc) is 3.08. The first kappa shape index (κ1) is 21.8. The number of amidine groups is 1. The molecule has 162 valence electrons. The van der Waals surface area contributed by atoms with Crippen molar-refractivity contribution in [3.63, 3.8) is 0 Å². The molecule has 9 heteroatoms. The molecule has 7 nitrogen and oxygen atoms in total. The monoisotopic (exact) mass is 465 g/mol. The number of benzene rings is 3. The predicted molar refractivity (Wildman–Crippen MR) is 127 cm³/mol. The van der Waals surface area contributed by atoms with Crippen LogP contribution in [0.5, 0.6) is 5.75 Å². The number of methoxy groups -OCH3 is 1. The molecule has 0 aliphatic carbocycles. The quantitative estimate of drug-likeness (QED) is 0.570. The molecule has 1 aliphatic rings. The summed E-state index contributed by atoms with van der Waals surface area (Å²) < 4.78 is 28.3. The number of rotatable bonds is 5. The SMILES string of the molecule is COc1cccc(C=C2SC(=Nc3ccc(S(N)(=O)=O)cc3)N(c3ccccc3)C2=O)c1. The zero-order valence-electron chi connectivity index (χ0n) is 17.0. The minimum atomic E-state index is -3.80. The van der Waals surface area contributed by atoms with Crippen LogP contribution in [0.25, 0.3) is 6.08 Å². The third-order valence-electron chi connectivity index (χ3n) is 4.60. The molecule has 0 atom stereocenters. The van der Waals surface area contributed by atoms with Crippen molar-refractivity contribution in [1.82, 2.24) is 0 Å². The number of thioether (sulfide) groups is 1. The number of hydrogen-bond acceptors (Lipinski definition) is 6. The van der Waals surface area contributed by atoms with Gasteiger partial charge in [0.2, 0.25) is 10.0 Å². The third kappa shape index (κ3) is 4.75. The fraction of sp³-hybridized carbons (Fsp3) is 0.0435. The molecule has 0 saturated carbocycles. The smallest absolute Gasteiger partial charge is 0.271 e. The van der Waals surface area contributed by atoms with Crippen molar-refractivity contribution >= 4 is 50.3 Å². The normalized spacial score (nSPS) is 16.7. The molecule has 1 saturated heterocycles. The number of amides is 1. The van der Waals surface area contributed by atoms with Crippen LogP contribution >= 0.6 is 11.8 Å². The maximum Gasteiger partial charge on any atom is 0.271 e. The van der Waals surface area contributed by atoms with Crippen molar-refractivity contribution in [2.75, 3.05) is 12.0 Å². The van der Waals surface area contributed by atoms with Crippen LogP contribution in [0.15, 0.2) is 93.7 Å². The molecular weight excluding hydrogens is 446 g/mol. The molecule has 0 bridgehead atoms. The highest BCUT2D eigenvalue weighted by Gasteiger charge is 2.34. The van der Waals surface area contributed by atoms with Crippen molar-refractivity contribution in [3.8, 4) is 5.75 Å². The van der Waals surface area contributed by atoms with Gasteiger partial charge < -0.3 is 4.74 Å². The molecule has 1 aliphatic heterocycles. The lowest BCUT2D eigenvalue weighted by Crippen LogP contribution is -2.28. The fourth-order valence-electron chi connectivity index (χ4n) is 3.06. The van der Waals surface area contributed by atoms with Gasteiger partial charge in [-0.1, -0.05) is 30.3 Å². The highest BCUT2D eigenvalue weighted by atomic mass is 32.2. The number of hydrogen-bond donors (Lipinski definition) is 1. The number of primary sulfonamides is 1. The van der Waals surface area contributed by atoms with Crippen LogP contribution in [0.2, 0.25) is 0 Å². The van der Waals surface area contributed by atoms with Gasteiger partial charge in [0.1, 0.15) is 5.75 Å². The zero-order valence-corrected chi connectivity index (χ0v) is 18.6. The molecule has 0 unspecified atom stereocenters. The van der Waals surface area contributed by atoms with Gasteiger partial charge in [-0.2, -0.15) is 0 Å². The van der Waals surface area contributed by atoms with E-state index in [1.165, 1.54) is 28.8 Å². The predicted octanol–water partition coefficient (Wildman–Crippen LogP) is 4.15. The summed E-state index contributed by atoms with van der Waals surface area (Å²) in [5.74, 6) is 0.488. The van der Waals surface area contributed by atoms with E-state index < -0.39 is 10.0 Å². The van der Waals surface area contributed by atoms with Gasteiger partial charge in [0.05, 0.1) is 28.3 Å². The first-order valence-corrected chi connectivity index (χ1v) is 11.9. The van der Waals surface area contributed by atoms with Gasteiger partial charge in [0, 0.05) is 0 Å². The maximum atomic E-state index is 13.3. The van der Waals surface area contributed by atoms with Crippen molar-refractivity contribution in [2.45, 2.75) is 4.90 Å². The lowest BCUT2D eigenvalue weighted by atomic mass is 10.2. The molecule has 32 heavy (non-hydrogen) atoms. The first-order valence-electron chi connectivity index (χ1n) is 9.50. The van der Waals surface area contributed by atoms with E-state index in [1.807, 2.05) is 54.6 Å². The minimum Gasteiger partial charge on any atom is -0.497 e. The van der Waals surface area contributed by atoms with Crippen LogP contribution in [0.4, 0.5) is 11.4 Å². The second kappa shape index (κ2) is 8.99. The van der Waals surface area contributed by atoms with Crippen molar-refractivity contribution < 1.29 is 17.9 Å². The Morgan fingerprint density at radius 2 is 1.72 bits per heavy atom. The Morgan fingerprint density at radius 1 is 1.00 bits per heavy atom. The molecule has 1 amide bonds. The van der Waals surface area contributed by atoms with E-state index in [1.54, 1.807) is 25.3 Å². The molecule has 1 heterocycles. The largest absolute Gasteiger partial charge is 0.497 e. The summed E-state index contributed by atoms with van der Waals surface area (Å²) in [6.45, 7) is 0. The van der Waals surface area contributed by atoms with E-state index in [9.17, 15) is 13.2 Å². The maximum absolute atomic E-state index is 13.3. The summed E-state index contributed by atoms with van der Waals surface area (Å²) in [6.07, 6.45) is 1.79. The fourth-order valence-corrected chi connectivity index (χ4v) is 4.57. The van der Waals surface area contributed by atoms with Gasteiger partial charge in [-0.25, -0.2) is 18.5 Å². The van der Waals surface area contributed by atoms with Crippen LogP contribution in [0.1, 0.15) is 5.56 Å². The van der Waals surface area contributed by atoms with E-state index in [-0.39, 0.29) is 10.8 Å². The third-order valence-corrected chi connectivity index (χ3v) is 6.50. The summed E-state index contributed by atoms with van der Waals surface area (Å²) in [7, 11) is -2.21. The minimum absolute atomic E-state index is 0.00451. The average molecular weight is 466 g/mol. The van der Waals surface area contributed by atoms with E-state index >= 15 is 0 Å². The molecule has 3 aromatic rings. The first-order chi connectivity index (χ1) is 15.3. The second-order valence-electron chi connectivity index (χ2n) is 6.80. The Kier molecular flexibility index (Phi) is 6.13. The standard InChI is InChI=1S/C23H19N3O4S2/c1-30-19-9-5-6-16(14-19)15-21-22(27)26(18-7-3-2-4-8-18)23(31-21)25-17-10-12-20(13-11-17)32(24,28)29/h2-15H,1H3,(H2,24,28,29). The number of carbonyl (C=O) groups excluding carboxylic acids is 1. The van der Waals surface area contributed by atoms with Gasteiger partial charge in [-0.15, -0.1) is 0 Å². The summed E-state index contributed by atoms with van der Waals surface area (Å²) >= 11 is 1.24. The van der Waals surface area contributed by atoms with Crippen LogP contribution in [-0.2, 0) is 14.8 Å². The van der Waals surface area contributed by atoms with Crippen molar-refractivity contribution in [2.24, 2.45) is 10.1 Å². The van der Waals surface area contributed by atoms with Gasteiger partial charge in [0.15, 0.2) is 5.17 Å². The van der Waals surface area contributed by atoms with Crippen LogP contribution in [0.3, 0.4) is 0 Å². The summed E-state index contributed by atoms with van der Waals surface area (Å²) in [5, 5.41) is 5.62. The number of ether oxygens (including phenoxy) is 1. The van der Waals surface area contributed by atoms with E-state index in [2.05, 4.69) is 4.99 Å². The molecule has 2 N–H and O–H groups in total. The van der Waals surface area contributed by atoms with Gasteiger partial charge in [0.25, 0.3) is 5.91 Å². The van der Waals surface area contributed by atoms with Crippen LogP contribution in [-0.4, -0.2) is 26.6 Å². The molecule has 0 spiro atoms. The molecular formula is C23H19N3O4S2. The van der Waals surface area contributed by atoms with E-state index in [0.29, 0.717) is 27.2 Å². The Labute approximate surface area is 190 Å². The van der Waals surface area contributed by atoms with Gasteiger partial charge in [-0.05, 0) is 71.9 Å². The molecule has 3 aromatic carbocycles. The highest BCUT2D eigenvalue weighted by Crippen LogP contribution is 2.37. The number of nitrogens with zero attached hydrogens (tertiary/aromatic N) is 2. The van der Waals surface area contributed by atoms with E-state index in [4.69, 9.17) is 9.88 Å². The lowest BCUT2D eigenvalue weighted by Gasteiger charge is -2.15. The van der Waals surface area contributed by atoms with Crippen molar-refractivity contribution in [1.29, 1.82) is 0 Å². The number of anilines is 1. The molecule has 4 rings (SSSR count). The van der Waals surface area contributed by atoms with Crippen LogP contribution < -0.4 is 14.8 Å². The molecule has 0 radical (unpaired) electrons. The van der Waals surface area contributed by atoms with Crippen molar-refractivity contribution in [3.05, 3.63) is 89.3 Å². The van der Waals surface area contributed by atoms with E-state index in [0.717, 1.165) is 5.56 Å². The number of sulfonamides is 1. The lowest BCUT2D eigenvalue weighted by molar-refractivity contribution is -0.113. The number of carbonyl (C=O) groups is 1. The highest BCUT2D eigenvalue weighted by molar-refractivity contribution is 8.19. The number of aliphatic imine (C=N–C) groups is 1. The Hall–Kier alpha value is -3.40. The summed E-state index contributed by atoms with van der Waals surface area (Å²) in [6, 6.07) is 22.5. The van der Waals surface area contributed by atoms with Gasteiger partial charge >= 0.3 is 0 Å². The summed E-state index contributed by atoms with van der Waals surface area (Å²) in [4.78, 5) is 19.9. The zero-order chi connectivity index (χ0) is 22.7. The molecule has 1 fully saturated rings. The number of para-hydroxylation sites is 1. The summed E-state index contributed by atoms with van der Waals surface area (Å²) in [5.41, 5.74) is 2.00. The van der Waals surface area contributed by atoms with Crippen LogP contribution in [0, 0.1) is 0 Å². The Morgan fingerprint density at radius 3 is 2.38 bits per heavy atom. The Bertz CT molecular complexity index is 1320. The second-order valence-corrected chi connectivity index (χ2v) is 9.37. The molecule has 0 aromatic heterocycles. The topological polar surface area (TPSA) is 102 Å².